The first-order chi connectivity index (χ1) is 8.13. The number of hydrogen-bond donors (Lipinski definition) is 2. The van der Waals surface area contributed by atoms with Gasteiger partial charge in [0, 0.05) is 0 Å². The molecule has 0 unspecified atom stereocenters. The highest BCUT2D eigenvalue weighted by Crippen LogP contribution is 2.35. The lowest BCUT2D eigenvalue weighted by atomic mass is 9.77. The van der Waals surface area contributed by atoms with Crippen LogP contribution in [0.5, 0.6) is 5.75 Å². The molecule has 0 bridgehead atoms. The molecule has 0 heterocycles. The molecule has 2 rings (SSSR count). The van der Waals surface area contributed by atoms with Crippen LogP contribution in [-0.4, -0.2) is 18.3 Å². The summed E-state index contributed by atoms with van der Waals surface area (Å²) in [7, 11) is 1.41. The first-order valence-corrected chi connectivity index (χ1v) is 5.90. The van der Waals surface area contributed by atoms with Gasteiger partial charge in [0.25, 0.3) is 0 Å². The maximum Gasteiger partial charge on any atom is 0.165 e. The molecule has 0 radical (unpaired) electrons. The Morgan fingerprint density at radius 3 is 2.71 bits per heavy atom. The fourth-order valence-corrected chi connectivity index (χ4v) is 2.16. The Morgan fingerprint density at radius 1 is 1.47 bits per heavy atom. The van der Waals surface area contributed by atoms with E-state index in [9.17, 15) is 9.50 Å². The molecular formula is C13H18FNO2. The standard InChI is InChI=1S/C13H18FNO2/c1-17-11-7-9(5-6-10(11)14)12(15)13(16)8-3-2-4-8/h5-8,12-13,16H,2-4,15H2,1H3/t12-,13+/m1/s1. The molecule has 3 N–H and O–H groups in total. The van der Waals surface area contributed by atoms with Gasteiger partial charge >= 0.3 is 0 Å². The highest BCUT2D eigenvalue weighted by Gasteiger charge is 2.30. The molecule has 17 heavy (non-hydrogen) atoms. The lowest BCUT2D eigenvalue weighted by molar-refractivity contribution is 0.0413. The number of hydrogen-bond acceptors (Lipinski definition) is 3. The Morgan fingerprint density at radius 2 is 2.18 bits per heavy atom. The van der Waals surface area contributed by atoms with Crippen LogP contribution in [0, 0.1) is 11.7 Å². The number of nitrogens with two attached hydrogens (primary N) is 1. The third-order valence-corrected chi connectivity index (χ3v) is 3.56. The van der Waals surface area contributed by atoms with Crippen molar-refractivity contribution in [3.63, 3.8) is 0 Å². The fourth-order valence-electron chi connectivity index (χ4n) is 2.16. The van der Waals surface area contributed by atoms with Gasteiger partial charge in [-0.2, -0.15) is 0 Å². The monoisotopic (exact) mass is 239 g/mol. The van der Waals surface area contributed by atoms with Crippen LogP contribution in [0.2, 0.25) is 0 Å². The minimum Gasteiger partial charge on any atom is -0.494 e. The smallest absolute Gasteiger partial charge is 0.165 e. The van der Waals surface area contributed by atoms with Crippen molar-refractivity contribution in [2.75, 3.05) is 7.11 Å². The van der Waals surface area contributed by atoms with Crippen molar-refractivity contribution in [1.29, 1.82) is 0 Å². The van der Waals surface area contributed by atoms with E-state index < -0.39 is 18.0 Å². The Hall–Kier alpha value is -1.13. The Bertz CT molecular complexity index is 393. The van der Waals surface area contributed by atoms with Crippen LogP contribution < -0.4 is 10.5 Å². The first kappa shape index (κ1) is 12.3. The third kappa shape index (κ3) is 2.42. The van der Waals surface area contributed by atoms with E-state index in [4.69, 9.17) is 10.5 Å². The zero-order valence-electron chi connectivity index (χ0n) is 9.90. The average Bonchev–Trinajstić information content (AvgIpc) is 2.26. The molecule has 0 amide bonds. The lowest BCUT2D eigenvalue weighted by Gasteiger charge is -2.33. The van der Waals surface area contributed by atoms with Crippen LogP contribution in [-0.2, 0) is 0 Å². The van der Waals surface area contributed by atoms with Crippen molar-refractivity contribution in [3.8, 4) is 5.75 Å². The number of ether oxygens (including phenoxy) is 1. The fraction of sp³-hybridized carbons (Fsp3) is 0.538. The maximum absolute atomic E-state index is 13.2. The average molecular weight is 239 g/mol. The van der Waals surface area contributed by atoms with Crippen molar-refractivity contribution in [2.24, 2.45) is 11.7 Å². The Kier molecular flexibility index (Phi) is 3.64. The second kappa shape index (κ2) is 5.02. The minimum absolute atomic E-state index is 0.166. The summed E-state index contributed by atoms with van der Waals surface area (Å²) in [5.74, 6) is 0.0291. The Balaban J connectivity index is 2.15. The van der Waals surface area contributed by atoms with E-state index in [-0.39, 0.29) is 11.7 Å². The number of halogens is 1. The number of aliphatic hydroxyl groups excluding tert-OH is 1. The highest BCUT2D eigenvalue weighted by atomic mass is 19.1. The largest absolute Gasteiger partial charge is 0.494 e. The number of aliphatic hydroxyl groups is 1. The summed E-state index contributed by atoms with van der Waals surface area (Å²) in [6.45, 7) is 0. The second-order valence-electron chi connectivity index (χ2n) is 4.60. The van der Waals surface area contributed by atoms with Crippen LogP contribution in [0.1, 0.15) is 30.9 Å². The maximum atomic E-state index is 13.2. The molecule has 94 valence electrons. The molecule has 0 aromatic heterocycles. The van der Waals surface area contributed by atoms with Gasteiger partial charge in [0.05, 0.1) is 19.3 Å². The molecule has 2 atom stereocenters. The van der Waals surface area contributed by atoms with Gasteiger partial charge in [-0.15, -0.1) is 0 Å². The summed E-state index contributed by atoms with van der Waals surface area (Å²) in [5.41, 5.74) is 6.71. The molecule has 0 saturated heterocycles. The molecule has 0 aliphatic heterocycles. The van der Waals surface area contributed by atoms with E-state index in [1.54, 1.807) is 12.1 Å². The second-order valence-corrected chi connectivity index (χ2v) is 4.60. The third-order valence-electron chi connectivity index (χ3n) is 3.56. The molecular weight excluding hydrogens is 221 g/mol. The van der Waals surface area contributed by atoms with Gasteiger partial charge in [-0.25, -0.2) is 4.39 Å². The predicted octanol–water partition coefficient (Wildman–Crippen LogP) is 2.00. The molecule has 0 spiro atoms. The van der Waals surface area contributed by atoms with Crippen molar-refractivity contribution >= 4 is 0 Å². The summed E-state index contributed by atoms with van der Waals surface area (Å²) in [4.78, 5) is 0. The van der Waals surface area contributed by atoms with Crippen LogP contribution in [0.4, 0.5) is 4.39 Å². The molecule has 1 saturated carbocycles. The van der Waals surface area contributed by atoms with Crippen molar-refractivity contribution in [2.45, 2.75) is 31.4 Å². The Labute approximate surface area is 100 Å². The topological polar surface area (TPSA) is 55.5 Å². The summed E-state index contributed by atoms with van der Waals surface area (Å²) in [6.07, 6.45) is 2.64. The van der Waals surface area contributed by atoms with Gasteiger partial charge in [0.2, 0.25) is 0 Å². The van der Waals surface area contributed by atoms with Crippen molar-refractivity contribution < 1.29 is 14.2 Å². The summed E-state index contributed by atoms with van der Waals surface area (Å²) >= 11 is 0. The summed E-state index contributed by atoms with van der Waals surface area (Å²) < 4.78 is 18.1. The van der Waals surface area contributed by atoms with Crippen LogP contribution in [0.3, 0.4) is 0 Å². The molecule has 1 aromatic rings. The van der Waals surface area contributed by atoms with E-state index in [2.05, 4.69) is 0 Å². The molecule has 1 aromatic carbocycles. The van der Waals surface area contributed by atoms with Gasteiger partial charge in [-0.05, 0) is 36.5 Å². The van der Waals surface area contributed by atoms with E-state index in [1.807, 2.05) is 0 Å². The van der Waals surface area contributed by atoms with Crippen molar-refractivity contribution in [3.05, 3.63) is 29.6 Å². The molecule has 1 fully saturated rings. The first-order valence-electron chi connectivity index (χ1n) is 5.90. The van der Waals surface area contributed by atoms with Gasteiger partial charge in [-0.1, -0.05) is 12.5 Å². The summed E-state index contributed by atoms with van der Waals surface area (Å²) in [5, 5.41) is 10.1. The van der Waals surface area contributed by atoms with E-state index in [0.717, 1.165) is 19.3 Å². The number of rotatable bonds is 4. The lowest BCUT2D eigenvalue weighted by Crippen LogP contribution is -2.36. The molecule has 3 nitrogen and oxygen atoms in total. The molecule has 1 aliphatic rings. The SMILES string of the molecule is COc1cc([C@@H](N)[C@@H](O)C2CCC2)ccc1F. The number of benzene rings is 1. The summed E-state index contributed by atoms with van der Waals surface area (Å²) in [6, 6.07) is 4.00. The van der Waals surface area contributed by atoms with Crippen LogP contribution in [0.25, 0.3) is 0 Å². The molecule has 1 aliphatic carbocycles. The van der Waals surface area contributed by atoms with E-state index in [0.29, 0.717) is 5.56 Å². The van der Waals surface area contributed by atoms with Crippen LogP contribution in [0.15, 0.2) is 18.2 Å². The van der Waals surface area contributed by atoms with Gasteiger partial charge < -0.3 is 15.6 Å². The predicted molar refractivity (Wildman–Crippen MR) is 63.2 cm³/mol. The van der Waals surface area contributed by atoms with Gasteiger partial charge in [0.15, 0.2) is 11.6 Å². The van der Waals surface area contributed by atoms with E-state index >= 15 is 0 Å². The minimum atomic E-state index is -0.557. The normalized spacial score (nSPS) is 19.5. The van der Waals surface area contributed by atoms with Gasteiger partial charge in [0.1, 0.15) is 0 Å². The quantitative estimate of drug-likeness (QED) is 0.845. The van der Waals surface area contributed by atoms with Crippen LogP contribution >= 0.6 is 0 Å². The van der Waals surface area contributed by atoms with Crippen molar-refractivity contribution in [1.82, 2.24) is 0 Å². The van der Waals surface area contributed by atoms with E-state index in [1.165, 1.54) is 13.2 Å². The molecule has 4 heteroatoms. The number of methoxy groups -OCH3 is 1. The van der Waals surface area contributed by atoms with Gasteiger partial charge in [-0.3, -0.25) is 0 Å². The zero-order chi connectivity index (χ0) is 12.4. The highest BCUT2D eigenvalue weighted by molar-refractivity contribution is 5.32. The zero-order valence-corrected chi connectivity index (χ0v) is 9.90.